The Morgan fingerprint density at radius 2 is 2.12 bits per heavy atom. The Morgan fingerprint density at radius 3 is 2.76 bits per heavy atom. The fraction of sp³-hybridized carbons (Fsp3) is 0.167. The van der Waals surface area contributed by atoms with Crippen molar-refractivity contribution in [2.75, 3.05) is 14.2 Å². The van der Waals surface area contributed by atoms with Crippen LogP contribution in [0.5, 0.6) is 5.75 Å². The molecule has 5 heteroatoms. The molecule has 0 unspecified atom stereocenters. The number of rotatable bonds is 2. The summed E-state index contributed by atoms with van der Waals surface area (Å²) in [4.78, 5) is 15.7. The molecule has 0 aliphatic carbocycles. The largest absolute Gasteiger partial charge is 0.496 e. The number of methoxy groups -OCH3 is 2. The van der Waals surface area contributed by atoms with Crippen molar-refractivity contribution in [1.29, 1.82) is 0 Å². The number of nitrogens with zero attached hydrogens (tertiary/aromatic N) is 1. The monoisotopic (exact) mass is 251 g/mol. The molecule has 0 radical (unpaired) electrons. The van der Waals surface area contributed by atoms with Crippen molar-refractivity contribution in [2.24, 2.45) is 0 Å². The zero-order valence-corrected chi connectivity index (χ0v) is 10.1. The van der Waals surface area contributed by atoms with Gasteiger partial charge in [-0.1, -0.05) is 11.6 Å². The predicted molar refractivity (Wildman–Crippen MR) is 64.6 cm³/mol. The lowest BCUT2D eigenvalue weighted by Gasteiger charge is -2.08. The number of hydrogen-bond donors (Lipinski definition) is 0. The van der Waals surface area contributed by atoms with Gasteiger partial charge in [0, 0.05) is 11.6 Å². The molecule has 0 aliphatic heterocycles. The first kappa shape index (κ1) is 11.7. The molecule has 0 amide bonds. The van der Waals surface area contributed by atoms with Crippen molar-refractivity contribution in [2.45, 2.75) is 0 Å². The second kappa shape index (κ2) is 4.59. The summed E-state index contributed by atoms with van der Waals surface area (Å²) in [6.45, 7) is 0. The quantitative estimate of drug-likeness (QED) is 0.770. The number of aromatic nitrogens is 1. The van der Waals surface area contributed by atoms with E-state index in [-0.39, 0.29) is 0 Å². The first-order valence-electron chi connectivity index (χ1n) is 4.88. The SMILES string of the molecule is COC(=O)c1cc2nccc(Cl)c2cc1OC. The highest BCUT2D eigenvalue weighted by atomic mass is 35.5. The maximum Gasteiger partial charge on any atom is 0.341 e. The summed E-state index contributed by atoms with van der Waals surface area (Å²) in [6, 6.07) is 4.96. The molecule has 1 heterocycles. The van der Waals surface area contributed by atoms with E-state index in [1.807, 2.05) is 0 Å². The molecule has 0 saturated carbocycles. The van der Waals surface area contributed by atoms with Gasteiger partial charge in [-0.25, -0.2) is 4.79 Å². The van der Waals surface area contributed by atoms with Crippen LogP contribution < -0.4 is 4.74 Å². The number of pyridine rings is 1. The third-order valence-corrected chi connectivity index (χ3v) is 2.74. The van der Waals surface area contributed by atoms with E-state index >= 15 is 0 Å². The van der Waals surface area contributed by atoms with E-state index in [9.17, 15) is 4.79 Å². The fourth-order valence-electron chi connectivity index (χ4n) is 1.58. The molecule has 4 nitrogen and oxygen atoms in total. The van der Waals surface area contributed by atoms with Crippen LogP contribution in [-0.2, 0) is 4.74 Å². The predicted octanol–water partition coefficient (Wildman–Crippen LogP) is 2.68. The maximum absolute atomic E-state index is 11.6. The standard InChI is InChI=1S/C12H10ClNO3/c1-16-11-6-7-9(13)3-4-14-10(7)5-8(11)12(15)17-2/h3-6H,1-2H3. The molecule has 1 aromatic carbocycles. The van der Waals surface area contributed by atoms with Crippen LogP contribution >= 0.6 is 11.6 Å². The van der Waals surface area contributed by atoms with Gasteiger partial charge in [-0.3, -0.25) is 4.98 Å². The minimum Gasteiger partial charge on any atom is -0.496 e. The lowest BCUT2D eigenvalue weighted by Crippen LogP contribution is -2.04. The summed E-state index contributed by atoms with van der Waals surface area (Å²) in [7, 11) is 2.80. The smallest absolute Gasteiger partial charge is 0.341 e. The van der Waals surface area contributed by atoms with Crippen molar-refractivity contribution >= 4 is 28.5 Å². The lowest BCUT2D eigenvalue weighted by atomic mass is 10.1. The number of halogens is 1. The second-order valence-corrected chi connectivity index (χ2v) is 3.76. The Labute approximate surface area is 103 Å². The minimum absolute atomic E-state index is 0.331. The van der Waals surface area contributed by atoms with Gasteiger partial charge in [0.2, 0.25) is 0 Å². The van der Waals surface area contributed by atoms with E-state index in [4.69, 9.17) is 16.3 Å². The highest BCUT2D eigenvalue weighted by Gasteiger charge is 2.15. The van der Waals surface area contributed by atoms with E-state index in [1.165, 1.54) is 14.2 Å². The summed E-state index contributed by atoms with van der Waals surface area (Å²) in [5.41, 5.74) is 0.955. The van der Waals surface area contributed by atoms with Crippen LogP contribution in [0.1, 0.15) is 10.4 Å². The van der Waals surface area contributed by atoms with E-state index in [1.54, 1.807) is 24.4 Å². The number of carbonyl (C=O) groups is 1. The van der Waals surface area contributed by atoms with Crippen LogP contribution in [0.25, 0.3) is 10.9 Å². The van der Waals surface area contributed by atoms with Crippen molar-refractivity contribution < 1.29 is 14.3 Å². The summed E-state index contributed by atoms with van der Waals surface area (Å²) < 4.78 is 9.82. The van der Waals surface area contributed by atoms with Crippen LogP contribution in [-0.4, -0.2) is 25.2 Å². The molecule has 0 spiro atoms. The lowest BCUT2D eigenvalue weighted by molar-refractivity contribution is 0.0597. The van der Waals surface area contributed by atoms with Gasteiger partial charge in [0.05, 0.1) is 24.8 Å². The first-order valence-corrected chi connectivity index (χ1v) is 5.25. The first-order chi connectivity index (χ1) is 8.17. The molecule has 1 aromatic heterocycles. The van der Waals surface area contributed by atoms with E-state index in [0.29, 0.717) is 21.9 Å². The molecule has 88 valence electrons. The Kier molecular flexibility index (Phi) is 3.15. The van der Waals surface area contributed by atoms with Gasteiger partial charge in [-0.2, -0.15) is 0 Å². The molecule has 17 heavy (non-hydrogen) atoms. The summed E-state index contributed by atoms with van der Waals surface area (Å²) >= 11 is 6.04. The Hall–Kier alpha value is -1.81. The van der Waals surface area contributed by atoms with Crippen molar-refractivity contribution in [1.82, 2.24) is 4.98 Å². The normalized spacial score (nSPS) is 10.3. The molecule has 0 saturated heterocycles. The Morgan fingerprint density at radius 1 is 1.35 bits per heavy atom. The van der Waals surface area contributed by atoms with Gasteiger partial charge in [-0.15, -0.1) is 0 Å². The van der Waals surface area contributed by atoms with Crippen molar-refractivity contribution in [3.8, 4) is 5.75 Å². The summed E-state index contributed by atoms with van der Waals surface area (Å²) in [6.07, 6.45) is 1.58. The second-order valence-electron chi connectivity index (χ2n) is 3.35. The maximum atomic E-state index is 11.6. The van der Waals surface area contributed by atoms with Crippen LogP contribution in [0.3, 0.4) is 0 Å². The van der Waals surface area contributed by atoms with Gasteiger partial charge in [0.15, 0.2) is 0 Å². The molecule has 0 bridgehead atoms. The van der Waals surface area contributed by atoms with E-state index in [2.05, 4.69) is 9.72 Å². The molecule has 2 rings (SSSR count). The number of ether oxygens (including phenoxy) is 2. The number of esters is 1. The van der Waals surface area contributed by atoms with Gasteiger partial charge < -0.3 is 9.47 Å². The topological polar surface area (TPSA) is 48.4 Å². The van der Waals surface area contributed by atoms with Crippen LogP contribution in [0.2, 0.25) is 5.02 Å². The van der Waals surface area contributed by atoms with Gasteiger partial charge in [0.1, 0.15) is 11.3 Å². The van der Waals surface area contributed by atoms with E-state index in [0.717, 1.165) is 5.39 Å². The van der Waals surface area contributed by atoms with Gasteiger partial charge in [-0.05, 0) is 18.2 Å². The van der Waals surface area contributed by atoms with Crippen molar-refractivity contribution in [3.63, 3.8) is 0 Å². The molecule has 0 N–H and O–H groups in total. The third kappa shape index (κ3) is 2.03. The number of carbonyl (C=O) groups excluding carboxylic acids is 1. The minimum atomic E-state index is -0.467. The molecule has 0 aliphatic rings. The Balaban J connectivity index is 2.73. The van der Waals surface area contributed by atoms with Crippen molar-refractivity contribution in [3.05, 3.63) is 35.0 Å². The summed E-state index contributed by atoms with van der Waals surface area (Å²) in [5.74, 6) is -0.0511. The molecule has 0 fully saturated rings. The average Bonchev–Trinajstić information content (AvgIpc) is 2.37. The zero-order chi connectivity index (χ0) is 12.4. The highest BCUT2D eigenvalue weighted by molar-refractivity contribution is 6.35. The molecular weight excluding hydrogens is 242 g/mol. The average molecular weight is 252 g/mol. The molecule has 0 atom stereocenters. The number of fused-ring (bicyclic) bond motifs is 1. The van der Waals surface area contributed by atoms with E-state index < -0.39 is 5.97 Å². The van der Waals surface area contributed by atoms with Crippen LogP contribution in [0, 0.1) is 0 Å². The number of hydrogen-bond acceptors (Lipinski definition) is 4. The molecule has 2 aromatic rings. The third-order valence-electron chi connectivity index (χ3n) is 2.41. The molecular formula is C12H10ClNO3. The van der Waals surface area contributed by atoms with Gasteiger partial charge in [0.25, 0.3) is 0 Å². The zero-order valence-electron chi connectivity index (χ0n) is 9.36. The van der Waals surface area contributed by atoms with Gasteiger partial charge >= 0.3 is 5.97 Å². The highest BCUT2D eigenvalue weighted by Crippen LogP contribution is 2.29. The fourth-order valence-corrected chi connectivity index (χ4v) is 1.79. The summed E-state index contributed by atoms with van der Waals surface area (Å²) in [5, 5.41) is 1.29. The van der Waals surface area contributed by atoms with Crippen LogP contribution in [0.4, 0.5) is 0 Å². The number of benzene rings is 1. The Bertz CT molecular complexity index is 583. The van der Waals surface area contributed by atoms with Crippen LogP contribution in [0.15, 0.2) is 24.4 Å².